The lowest BCUT2D eigenvalue weighted by Crippen LogP contribution is -1.91. The van der Waals surface area contributed by atoms with Gasteiger partial charge in [-0.15, -0.1) is 0 Å². The van der Waals surface area contributed by atoms with Gasteiger partial charge in [0.25, 0.3) is 0 Å². The number of aryl methyl sites for hydroxylation is 1. The maximum atomic E-state index is 5.71. The van der Waals surface area contributed by atoms with Gasteiger partial charge < -0.3 is 0 Å². The number of nitrogens with zero attached hydrogens (tertiary/aromatic N) is 3. The highest BCUT2D eigenvalue weighted by Gasteiger charge is 1.98. The summed E-state index contributed by atoms with van der Waals surface area (Å²) < 4.78 is 1.74. The molecule has 0 atom stereocenters. The first-order valence-electron chi connectivity index (χ1n) is 4.23. The minimum Gasteiger partial charge on any atom is -0.235 e. The number of fused-ring (bicyclic) bond motifs is 1. The van der Waals surface area contributed by atoms with Crippen molar-refractivity contribution in [3.05, 3.63) is 29.2 Å². The van der Waals surface area contributed by atoms with Gasteiger partial charge in [0.1, 0.15) is 0 Å². The normalized spacial score (nSPS) is 9.54. The Morgan fingerprint density at radius 1 is 1.31 bits per heavy atom. The molecule has 13 heavy (non-hydrogen) atoms. The van der Waals surface area contributed by atoms with Crippen LogP contribution in [0.4, 0.5) is 0 Å². The number of hydrogen-bond acceptors (Lipinski definition) is 2. The van der Waals surface area contributed by atoms with Gasteiger partial charge in [0.05, 0.1) is 23.1 Å². The molecule has 0 unspecified atom stereocenters. The molecule has 4 heteroatoms. The Morgan fingerprint density at radius 2 is 2.00 bits per heavy atom. The van der Waals surface area contributed by atoms with Crippen LogP contribution in [0.2, 0.25) is 5.02 Å². The van der Waals surface area contributed by atoms with Gasteiger partial charge in [-0.3, -0.25) is 0 Å². The first kappa shape index (κ1) is 9.99. The van der Waals surface area contributed by atoms with E-state index in [0.29, 0.717) is 5.02 Å². The first-order chi connectivity index (χ1) is 6.27. The molecular formula is C9H12ClN3. The molecule has 70 valence electrons. The predicted octanol–water partition coefficient (Wildman–Crippen LogP) is 2.72. The lowest BCUT2D eigenvalue weighted by atomic mass is 10.5. The summed E-state index contributed by atoms with van der Waals surface area (Å²) in [6, 6.07) is 1.78. The van der Waals surface area contributed by atoms with Crippen molar-refractivity contribution < 1.29 is 0 Å². The van der Waals surface area contributed by atoms with Crippen LogP contribution < -0.4 is 0 Å². The van der Waals surface area contributed by atoms with Crippen molar-refractivity contribution in [3.8, 4) is 0 Å². The van der Waals surface area contributed by atoms with Crippen LogP contribution in [0.25, 0.3) is 5.65 Å². The van der Waals surface area contributed by atoms with Crippen LogP contribution in [0.5, 0.6) is 0 Å². The Kier molecular flexibility index (Phi) is 3.25. The maximum Gasteiger partial charge on any atom is 0.155 e. The fourth-order valence-electron chi connectivity index (χ4n) is 0.972. The molecule has 0 aromatic carbocycles. The molecule has 2 heterocycles. The van der Waals surface area contributed by atoms with Crippen LogP contribution in [0, 0.1) is 6.92 Å². The van der Waals surface area contributed by atoms with Crippen molar-refractivity contribution in [2.75, 3.05) is 0 Å². The van der Waals surface area contributed by atoms with E-state index in [9.17, 15) is 0 Å². The lowest BCUT2D eigenvalue weighted by molar-refractivity contribution is 0.899. The summed E-state index contributed by atoms with van der Waals surface area (Å²) in [5.74, 6) is 0. The van der Waals surface area contributed by atoms with Crippen molar-refractivity contribution in [1.29, 1.82) is 0 Å². The highest BCUT2D eigenvalue weighted by molar-refractivity contribution is 6.30. The van der Waals surface area contributed by atoms with E-state index in [1.165, 1.54) is 0 Å². The third-order valence-electron chi connectivity index (χ3n) is 1.50. The number of imidazole rings is 1. The summed E-state index contributed by atoms with van der Waals surface area (Å²) in [5, 5.41) is 4.68. The average molecular weight is 198 g/mol. The Labute approximate surface area is 82.4 Å². The van der Waals surface area contributed by atoms with E-state index in [4.69, 9.17) is 11.6 Å². The van der Waals surface area contributed by atoms with E-state index in [-0.39, 0.29) is 0 Å². The van der Waals surface area contributed by atoms with Gasteiger partial charge in [-0.05, 0) is 6.92 Å². The standard InChI is InChI=1S/C7H6ClN3.C2H6/c1-5-3-9-7-2-6(8)4-10-11(5)7;1-2/h2-4H,1H3;1-2H3. The molecule has 0 fully saturated rings. The molecule has 0 spiro atoms. The molecule has 0 aliphatic heterocycles. The summed E-state index contributed by atoms with van der Waals surface area (Å²) in [6.07, 6.45) is 3.36. The second kappa shape index (κ2) is 4.23. The molecule has 0 radical (unpaired) electrons. The van der Waals surface area contributed by atoms with E-state index in [2.05, 4.69) is 10.1 Å². The fraction of sp³-hybridized carbons (Fsp3) is 0.333. The molecule has 0 bridgehead atoms. The minimum absolute atomic E-state index is 0.614. The zero-order valence-corrected chi connectivity index (χ0v) is 8.71. The maximum absolute atomic E-state index is 5.71. The predicted molar refractivity (Wildman–Crippen MR) is 54.1 cm³/mol. The Balaban J connectivity index is 0.000000396. The van der Waals surface area contributed by atoms with Crippen molar-refractivity contribution in [1.82, 2.24) is 14.6 Å². The largest absolute Gasteiger partial charge is 0.235 e. The van der Waals surface area contributed by atoms with Gasteiger partial charge in [0.2, 0.25) is 0 Å². The van der Waals surface area contributed by atoms with Gasteiger partial charge in [-0.1, -0.05) is 25.4 Å². The lowest BCUT2D eigenvalue weighted by Gasteiger charge is -1.93. The van der Waals surface area contributed by atoms with Crippen LogP contribution >= 0.6 is 11.6 Å². The third kappa shape index (κ3) is 1.98. The second-order valence-electron chi connectivity index (χ2n) is 2.34. The SMILES string of the molecule is CC.Cc1cnc2cc(Cl)cnn12. The summed E-state index contributed by atoms with van der Waals surface area (Å²) in [7, 11) is 0. The van der Waals surface area contributed by atoms with Crippen molar-refractivity contribution in [3.63, 3.8) is 0 Å². The van der Waals surface area contributed by atoms with E-state index in [0.717, 1.165) is 11.3 Å². The summed E-state index contributed by atoms with van der Waals surface area (Å²) >= 11 is 5.71. The quantitative estimate of drug-likeness (QED) is 0.650. The van der Waals surface area contributed by atoms with Crippen molar-refractivity contribution in [2.24, 2.45) is 0 Å². The third-order valence-corrected chi connectivity index (χ3v) is 1.70. The molecule has 0 amide bonds. The Hall–Kier alpha value is -1.09. The molecule has 2 aromatic heterocycles. The van der Waals surface area contributed by atoms with Crippen molar-refractivity contribution in [2.45, 2.75) is 20.8 Å². The van der Waals surface area contributed by atoms with Gasteiger partial charge in [0.15, 0.2) is 5.65 Å². The molecule has 0 saturated carbocycles. The molecule has 0 aliphatic carbocycles. The molecule has 0 aliphatic rings. The van der Waals surface area contributed by atoms with Crippen molar-refractivity contribution >= 4 is 17.2 Å². The van der Waals surface area contributed by atoms with Crippen LogP contribution in [-0.2, 0) is 0 Å². The zero-order chi connectivity index (χ0) is 9.84. The van der Waals surface area contributed by atoms with Gasteiger partial charge in [-0.25, -0.2) is 9.50 Å². The van der Waals surface area contributed by atoms with Gasteiger partial charge in [-0.2, -0.15) is 5.10 Å². The Bertz CT molecular complexity index is 395. The molecule has 0 saturated heterocycles. The summed E-state index contributed by atoms with van der Waals surface area (Å²) in [5.41, 5.74) is 1.80. The number of halogens is 1. The van der Waals surface area contributed by atoms with E-state index < -0.39 is 0 Å². The summed E-state index contributed by atoms with van der Waals surface area (Å²) in [6.45, 7) is 5.95. The van der Waals surface area contributed by atoms with E-state index in [1.54, 1.807) is 23.0 Å². The van der Waals surface area contributed by atoms with Gasteiger partial charge >= 0.3 is 0 Å². The highest BCUT2D eigenvalue weighted by atomic mass is 35.5. The molecule has 2 rings (SSSR count). The van der Waals surface area contributed by atoms with Gasteiger partial charge in [0, 0.05) is 6.07 Å². The number of hydrogen-bond donors (Lipinski definition) is 0. The minimum atomic E-state index is 0.614. The molecule has 0 N–H and O–H groups in total. The smallest absolute Gasteiger partial charge is 0.155 e. The zero-order valence-electron chi connectivity index (χ0n) is 7.95. The molecule has 3 nitrogen and oxygen atoms in total. The molecular weight excluding hydrogens is 186 g/mol. The fourth-order valence-corrected chi connectivity index (χ4v) is 1.11. The van der Waals surface area contributed by atoms with E-state index >= 15 is 0 Å². The summed E-state index contributed by atoms with van der Waals surface area (Å²) in [4.78, 5) is 4.10. The monoisotopic (exact) mass is 197 g/mol. The Morgan fingerprint density at radius 3 is 2.69 bits per heavy atom. The number of rotatable bonds is 0. The van der Waals surface area contributed by atoms with Crippen LogP contribution in [-0.4, -0.2) is 14.6 Å². The second-order valence-corrected chi connectivity index (χ2v) is 2.78. The van der Waals surface area contributed by atoms with E-state index in [1.807, 2.05) is 20.8 Å². The number of aromatic nitrogens is 3. The van der Waals surface area contributed by atoms with Crippen LogP contribution in [0.15, 0.2) is 18.5 Å². The first-order valence-corrected chi connectivity index (χ1v) is 4.61. The topological polar surface area (TPSA) is 30.2 Å². The van der Waals surface area contributed by atoms with Crippen LogP contribution in [0.1, 0.15) is 19.5 Å². The highest BCUT2D eigenvalue weighted by Crippen LogP contribution is 2.09. The van der Waals surface area contributed by atoms with Crippen LogP contribution in [0.3, 0.4) is 0 Å². The molecule has 2 aromatic rings. The average Bonchev–Trinajstić information content (AvgIpc) is 2.51.